The zero-order chi connectivity index (χ0) is 15.8. The van der Waals surface area contributed by atoms with E-state index < -0.39 is 0 Å². The monoisotopic (exact) mass is 382 g/mol. The van der Waals surface area contributed by atoms with Gasteiger partial charge in [-0.15, -0.1) is 0 Å². The highest BCUT2D eigenvalue weighted by atomic mass is 79.9. The molecule has 0 aliphatic carbocycles. The highest BCUT2D eigenvalue weighted by molar-refractivity contribution is 9.10. The Hall–Kier alpha value is -1.72. The Morgan fingerprint density at radius 1 is 1.05 bits per heavy atom. The second kappa shape index (κ2) is 8.66. The number of carbonyl (C=O) groups is 1. The quantitative estimate of drug-likeness (QED) is 0.741. The summed E-state index contributed by atoms with van der Waals surface area (Å²) in [5.41, 5.74) is 1.17. The summed E-state index contributed by atoms with van der Waals surface area (Å²) in [5, 5.41) is 6.05. The molecule has 2 rings (SSSR count). The van der Waals surface area contributed by atoms with Gasteiger partial charge in [0.25, 0.3) is 0 Å². The minimum Gasteiger partial charge on any atom is -0.473 e. The fourth-order valence-electron chi connectivity index (χ4n) is 1.75. The first-order chi connectivity index (χ1) is 10.6. The van der Waals surface area contributed by atoms with Crippen molar-refractivity contribution >= 4 is 33.6 Å². The van der Waals surface area contributed by atoms with Crippen molar-refractivity contribution in [2.75, 3.05) is 13.3 Å². The van der Waals surface area contributed by atoms with Gasteiger partial charge < -0.3 is 15.4 Å². The average molecular weight is 384 g/mol. The number of ether oxygens (including phenoxy) is 1. The number of rotatable bonds is 6. The molecule has 0 atom stereocenters. The summed E-state index contributed by atoms with van der Waals surface area (Å²) >= 11 is 9.16. The molecule has 0 heterocycles. The molecule has 0 bridgehead atoms. The zero-order valence-corrected chi connectivity index (χ0v) is 14.2. The molecule has 6 heteroatoms. The molecule has 0 unspecified atom stereocenters. The minimum absolute atomic E-state index is 0.103. The number of hydrogen-bond acceptors (Lipinski definition) is 2. The lowest BCUT2D eigenvalue weighted by Gasteiger charge is -2.09. The van der Waals surface area contributed by atoms with Gasteiger partial charge in [-0.1, -0.05) is 39.7 Å². The van der Waals surface area contributed by atoms with Crippen LogP contribution in [0.1, 0.15) is 5.56 Å². The molecule has 0 aliphatic heterocycles. The summed E-state index contributed by atoms with van der Waals surface area (Å²) < 4.78 is 6.42. The molecular weight excluding hydrogens is 368 g/mol. The maximum Gasteiger partial charge on any atom is 0.317 e. The molecule has 0 spiro atoms. The smallest absolute Gasteiger partial charge is 0.317 e. The predicted octanol–water partition coefficient (Wildman–Crippen LogP) is 3.98. The van der Waals surface area contributed by atoms with Crippen LogP contribution in [0.25, 0.3) is 0 Å². The molecule has 2 aromatic carbocycles. The van der Waals surface area contributed by atoms with Gasteiger partial charge in [-0.3, -0.25) is 0 Å². The molecular formula is C16H16BrClN2O2. The van der Waals surface area contributed by atoms with Gasteiger partial charge in [0.15, 0.2) is 6.73 Å². The lowest BCUT2D eigenvalue weighted by atomic mass is 10.1. The van der Waals surface area contributed by atoms with Gasteiger partial charge in [-0.2, -0.15) is 0 Å². The molecule has 0 aromatic heterocycles. The summed E-state index contributed by atoms with van der Waals surface area (Å²) in [6.45, 7) is 0.667. The van der Waals surface area contributed by atoms with Crippen LogP contribution in [0, 0.1) is 0 Å². The molecule has 4 nitrogen and oxygen atoms in total. The maximum absolute atomic E-state index is 11.6. The lowest BCUT2D eigenvalue weighted by Crippen LogP contribution is -2.38. The molecule has 0 radical (unpaired) electrons. The second-order valence-corrected chi connectivity index (χ2v) is 5.90. The standard InChI is InChI=1S/C16H16BrClN2O2/c17-13-3-1-12(2-4-13)9-10-19-16(21)20-11-22-15-7-5-14(18)6-8-15/h1-8H,9-11H2,(H2,19,20,21). The SMILES string of the molecule is O=C(NCCc1ccc(Br)cc1)NCOc1ccc(Cl)cc1. The van der Waals surface area contributed by atoms with Crippen LogP contribution >= 0.6 is 27.5 Å². The van der Waals surface area contributed by atoms with Gasteiger partial charge >= 0.3 is 6.03 Å². The fraction of sp³-hybridized carbons (Fsp3) is 0.188. The van der Waals surface area contributed by atoms with E-state index in [4.69, 9.17) is 16.3 Å². The van der Waals surface area contributed by atoms with Crippen LogP contribution in [-0.4, -0.2) is 19.3 Å². The van der Waals surface area contributed by atoms with E-state index in [1.807, 2.05) is 24.3 Å². The van der Waals surface area contributed by atoms with Crippen molar-refractivity contribution in [2.24, 2.45) is 0 Å². The zero-order valence-electron chi connectivity index (χ0n) is 11.8. The first-order valence-electron chi connectivity index (χ1n) is 6.78. The molecule has 2 amide bonds. The largest absolute Gasteiger partial charge is 0.473 e. The van der Waals surface area contributed by atoms with Crippen molar-refractivity contribution in [1.82, 2.24) is 10.6 Å². The van der Waals surface area contributed by atoms with E-state index in [9.17, 15) is 4.79 Å². The predicted molar refractivity (Wildman–Crippen MR) is 91.3 cm³/mol. The van der Waals surface area contributed by atoms with Gasteiger partial charge in [-0.05, 0) is 48.4 Å². The number of urea groups is 1. The number of halogens is 2. The normalized spacial score (nSPS) is 10.1. The fourth-order valence-corrected chi connectivity index (χ4v) is 2.14. The van der Waals surface area contributed by atoms with E-state index >= 15 is 0 Å². The molecule has 22 heavy (non-hydrogen) atoms. The number of nitrogens with one attached hydrogen (secondary N) is 2. The molecule has 116 valence electrons. The number of benzene rings is 2. The van der Waals surface area contributed by atoms with Crippen molar-refractivity contribution in [1.29, 1.82) is 0 Å². The third kappa shape index (κ3) is 5.95. The van der Waals surface area contributed by atoms with Crippen LogP contribution in [0.3, 0.4) is 0 Å². The van der Waals surface area contributed by atoms with E-state index in [2.05, 4.69) is 26.6 Å². The Kier molecular flexibility index (Phi) is 6.55. The lowest BCUT2D eigenvalue weighted by molar-refractivity contribution is 0.224. The van der Waals surface area contributed by atoms with Crippen LogP contribution in [0.5, 0.6) is 5.75 Å². The summed E-state index contributed by atoms with van der Waals surface area (Å²) in [6, 6.07) is 14.7. The summed E-state index contributed by atoms with van der Waals surface area (Å²) in [6.07, 6.45) is 0.777. The van der Waals surface area contributed by atoms with E-state index in [-0.39, 0.29) is 12.8 Å². The van der Waals surface area contributed by atoms with E-state index in [0.29, 0.717) is 17.3 Å². The summed E-state index contributed by atoms with van der Waals surface area (Å²) in [5.74, 6) is 0.652. The number of hydrogen-bond donors (Lipinski definition) is 2. The van der Waals surface area contributed by atoms with Crippen molar-refractivity contribution in [3.63, 3.8) is 0 Å². The van der Waals surface area contributed by atoms with Crippen molar-refractivity contribution in [2.45, 2.75) is 6.42 Å². The van der Waals surface area contributed by atoms with Gasteiger partial charge in [0, 0.05) is 16.0 Å². The maximum atomic E-state index is 11.6. The molecule has 2 aromatic rings. The summed E-state index contributed by atoms with van der Waals surface area (Å²) in [7, 11) is 0. The van der Waals surface area contributed by atoms with E-state index in [1.54, 1.807) is 24.3 Å². The first-order valence-corrected chi connectivity index (χ1v) is 7.95. The number of carbonyl (C=O) groups excluding carboxylic acids is 1. The second-order valence-electron chi connectivity index (χ2n) is 4.55. The van der Waals surface area contributed by atoms with E-state index in [0.717, 1.165) is 10.9 Å². The molecule has 0 fully saturated rings. The Morgan fingerprint density at radius 3 is 2.41 bits per heavy atom. The highest BCUT2D eigenvalue weighted by Gasteiger charge is 2.00. The van der Waals surface area contributed by atoms with Gasteiger partial charge in [0.1, 0.15) is 5.75 Å². The van der Waals surface area contributed by atoms with E-state index in [1.165, 1.54) is 5.56 Å². The first kappa shape index (κ1) is 16.6. The Balaban J connectivity index is 1.61. The van der Waals surface area contributed by atoms with Crippen molar-refractivity contribution in [3.8, 4) is 5.75 Å². The molecule has 0 aliphatic rings. The van der Waals surface area contributed by atoms with Crippen molar-refractivity contribution in [3.05, 3.63) is 63.6 Å². The van der Waals surface area contributed by atoms with Crippen LogP contribution in [0.2, 0.25) is 5.02 Å². The van der Waals surface area contributed by atoms with Crippen LogP contribution < -0.4 is 15.4 Å². The Bertz CT molecular complexity index is 549. The molecule has 0 saturated carbocycles. The Morgan fingerprint density at radius 2 is 1.73 bits per heavy atom. The van der Waals surface area contributed by atoms with Crippen LogP contribution in [-0.2, 0) is 6.42 Å². The van der Waals surface area contributed by atoms with Crippen LogP contribution in [0.15, 0.2) is 53.0 Å². The van der Waals surface area contributed by atoms with Gasteiger partial charge in [0.2, 0.25) is 0 Å². The third-order valence-corrected chi connectivity index (χ3v) is 3.68. The van der Waals surface area contributed by atoms with Crippen molar-refractivity contribution < 1.29 is 9.53 Å². The average Bonchev–Trinajstić information content (AvgIpc) is 2.51. The Labute approximate surface area is 142 Å². The van der Waals surface area contributed by atoms with Crippen LogP contribution in [0.4, 0.5) is 4.79 Å². The topological polar surface area (TPSA) is 50.4 Å². The molecule has 0 saturated heterocycles. The third-order valence-electron chi connectivity index (χ3n) is 2.90. The molecule has 2 N–H and O–H groups in total. The highest BCUT2D eigenvalue weighted by Crippen LogP contribution is 2.15. The number of amides is 2. The van der Waals surface area contributed by atoms with Gasteiger partial charge in [0.05, 0.1) is 0 Å². The summed E-state index contributed by atoms with van der Waals surface area (Å²) in [4.78, 5) is 11.6. The minimum atomic E-state index is -0.258. The van der Waals surface area contributed by atoms with Gasteiger partial charge in [-0.25, -0.2) is 4.79 Å².